The molecule has 2 aromatic carbocycles. The highest BCUT2D eigenvalue weighted by atomic mass is 16.5. The SMILES string of the molecule is COCc1cc(NCC(O)c2ccc(-c3ccccc3)cc2)n2ncnc2n1. The smallest absolute Gasteiger partial charge is 0.254 e. The molecule has 142 valence electrons. The highest BCUT2D eigenvalue weighted by molar-refractivity contribution is 5.63. The van der Waals surface area contributed by atoms with Crippen LogP contribution in [0.5, 0.6) is 0 Å². The summed E-state index contributed by atoms with van der Waals surface area (Å²) in [5, 5.41) is 18.0. The zero-order chi connectivity index (χ0) is 19.3. The molecule has 1 unspecified atom stereocenters. The van der Waals surface area contributed by atoms with Crippen LogP contribution in [-0.2, 0) is 11.3 Å². The van der Waals surface area contributed by atoms with E-state index in [4.69, 9.17) is 4.74 Å². The van der Waals surface area contributed by atoms with Crippen LogP contribution in [-0.4, -0.2) is 38.3 Å². The number of aliphatic hydroxyl groups is 1. The van der Waals surface area contributed by atoms with Crippen molar-refractivity contribution in [1.29, 1.82) is 0 Å². The van der Waals surface area contributed by atoms with Crippen LogP contribution in [0.2, 0.25) is 0 Å². The van der Waals surface area contributed by atoms with Crippen LogP contribution in [0.1, 0.15) is 17.4 Å². The molecule has 0 fully saturated rings. The molecule has 0 aliphatic rings. The maximum Gasteiger partial charge on any atom is 0.254 e. The minimum absolute atomic E-state index is 0.329. The number of nitrogens with one attached hydrogen (secondary N) is 1. The van der Waals surface area contributed by atoms with E-state index in [1.54, 1.807) is 11.6 Å². The van der Waals surface area contributed by atoms with Gasteiger partial charge in [0.05, 0.1) is 18.4 Å². The fourth-order valence-electron chi connectivity index (χ4n) is 3.06. The monoisotopic (exact) mass is 375 g/mol. The van der Waals surface area contributed by atoms with Crippen molar-refractivity contribution >= 4 is 11.6 Å². The van der Waals surface area contributed by atoms with E-state index in [0.29, 0.717) is 24.7 Å². The Balaban J connectivity index is 1.48. The molecule has 28 heavy (non-hydrogen) atoms. The Labute approximate surface area is 162 Å². The van der Waals surface area contributed by atoms with Gasteiger partial charge in [0.2, 0.25) is 0 Å². The van der Waals surface area contributed by atoms with Crippen molar-refractivity contribution in [2.24, 2.45) is 0 Å². The molecule has 0 saturated carbocycles. The first-order chi connectivity index (χ1) is 13.7. The number of benzene rings is 2. The first-order valence-electron chi connectivity index (χ1n) is 9.00. The van der Waals surface area contributed by atoms with Crippen molar-refractivity contribution in [1.82, 2.24) is 19.6 Å². The van der Waals surface area contributed by atoms with Crippen LogP contribution in [0, 0.1) is 0 Å². The summed E-state index contributed by atoms with van der Waals surface area (Å²) in [5.74, 6) is 1.19. The lowest BCUT2D eigenvalue weighted by atomic mass is 10.0. The van der Waals surface area contributed by atoms with Crippen molar-refractivity contribution in [2.75, 3.05) is 19.0 Å². The fourth-order valence-corrected chi connectivity index (χ4v) is 3.06. The standard InChI is InChI=1S/C21H21N5O2/c1-28-13-18-11-20(26-21(25-18)23-14-24-26)22-12-19(27)17-9-7-16(8-10-17)15-5-3-2-4-6-15/h2-11,14,19,22,27H,12-13H2,1H3. The summed E-state index contributed by atoms with van der Waals surface area (Å²) in [5.41, 5.74) is 3.85. The predicted octanol–water partition coefficient (Wildman–Crippen LogP) is 3.08. The highest BCUT2D eigenvalue weighted by Gasteiger charge is 2.11. The van der Waals surface area contributed by atoms with E-state index < -0.39 is 6.10 Å². The number of hydrogen-bond donors (Lipinski definition) is 2. The molecule has 2 heterocycles. The van der Waals surface area contributed by atoms with Gasteiger partial charge in [0.15, 0.2) is 0 Å². The average Bonchev–Trinajstić information content (AvgIpc) is 3.21. The second-order valence-electron chi connectivity index (χ2n) is 6.42. The Bertz CT molecular complexity index is 1050. The van der Waals surface area contributed by atoms with E-state index in [2.05, 4.69) is 32.5 Å². The second kappa shape index (κ2) is 8.16. The summed E-state index contributed by atoms with van der Waals surface area (Å²) < 4.78 is 6.76. The van der Waals surface area contributed by atoms with Gasteiger partial charge in [-0.15, -0.1) is 0 Å². The van der Waals surface area contributed by atoms with Crippen molar-refractivity contribution in [3.05, 3.63) is 78.2 Å². The number of ether oxygens (including phenoxy) is 1. The summed E-state index contributed by atoms with van der Waals surface area (Å²) in [6, 6.07) is 19.9. The number of fused-ring (bicyclic) bond motifs is 1. The molecule has 7 heteroatoms. The Kier molecular flexibility index (Phi) is 5.27. The number of aromatic nitrogens is 4. The third-order valence-corrected chi connectivity index (χ3v) is 4.48. The summed E-state index contributed by atoms with van der Waals surface area (Å²) in [6.07, 6.45) is 0.783. The molecular formula is C21H21N5O2. The van der Waals surface area contributed by atoms with Crippen molar-refractivity contribution in [3.8, 4) is 11.1 Å². The fraction of sp³-hybridized carbons (Fsp3) is 0.190. The number of rotatable bonds is 7. The molecule has 2 N–H and O–H groups in total. The molecule has 0 aliphatic heterocycles. The Morgan fingerprint density at radius 2 is 1.82 bits per heavy atom. The van der Waals surface area contributed by atoms with Crippen molar-refractivity contribution in [2.45, 2.75) is 12.7 Å². The summed E-state index contributed by atoms with van der Waals surface area (Å²) in [6.45, 7) is 0.706. The van der Waals surface area contributed by atoms with E-state index in [-0.39, 0.29) is 0 Å². The van der Waals surface area contributed by atoms with Gasteiger partial charge in [-0.1, -0.05) is 54.6 Å². The van der Waals surface area contributed by atoms with Gasteiger partial charge in [0.1, 0.15) is 12.1 Å². The molecule has 4 rings (SSSR count). The Morgan fingerprint density at radius 3 is 2.57 bits per heavy atom. The van der Waals surface area contributed by atoms with Gasteiger partial charge in [-0.3, -0.25) is 0 Å². The minimum Gasteiger partial charge on any atom is -0.387 e. The van der Waals surface area contributed by atoms with E-state index in [0.717, 1.165) is 22.4 Å². The molecule has 4 aromatic rings. The summed E-state index contributed by atoms with van der Waals surface area (Å²) in [4.78, 5) is 8.50. The topological polar surface area (TPSA) is 84.6 Å². The first-order valence-corrected chi connectivity index (χ1v) is 9.00. The lowest BCUT2D eigenvalue weighted by Gasteiger charge is -2.15. The van der Waals surface area contributed by atoms with Crippen LogP contribution < -0.4 is 5.32 Å². The van der Waals surface area contributed by atoms with Crippen LogP contribution in [0.15, 0.2) is 67.0 Å². The van der Waals surface area contributed by atoms with Crippen molar-refractivity contribution in [3.63, 3.8) is 0 Å². The van der Waals surface area contributed by atoms with Gasteiger partial charge in [-0.25, -0.2) is 4.98 Å². The second-order valence-corrected chi connectivity index (χ2v) is 6.42. The van der Waals surface area contributed by atoms with E-state index in [9.17, 15) is 5.11 Å². The number of nitrogens with zero attached hydrogens (tertiary/aromatic N) is 4. The predicted molar refractivity (Wildman–Crippen MR) is 107 cm³/mol. The van der Waals surface area contributed by atoms with Crippen LogP contribution in [0.3, 0.4) is 0 Å². The molecule has 2 aromatic heterocycles. The Hall–Kier alpha value is -3.29. The summed E-state index contributed by atoms with van der Waals surface area (Å²) >= 11 is 0. The third-order valence-electron chi connectivity index (χ3n) is 4.48. The zero-order valence-corrected chi connectivity index (χ0v) is 15.5. The maximum atomic E-state index is 10.6. The van der Waals surface area contributed by atoms with E-state index in [1.807, 2.05) is 48.5 Å². The van der Waals surface area contributed by atoms with Gasteiger partial charge < -0.3 is 15.2 Å². The molecule has 0 radical (unpaired) electrons. The van der Waals surface area contributed by atoms with Gasteiger partial charge in [0, 0.05) is 19.7 Å². The van der Waals surface area contributed by atoms with Gasteiger partial charge in [0.25, 0.3) is 5.78 Å². The first kappa shape index (κ1) is 18.1. The van der Waals surface area contributed by atoms with Crippen LogP contribution in [0.4, 0.5) is 5.82 Å². The minimum atomic E-state index is -0.664. The molecule has 0 saturated heterocycles. The molecule has 7 nitrogen and oxygen atoms in total. The molecular weight excluding hydrogens is 354 g/mol. The lowest BCUT2D eigenvalue weighted by molar-refractivity contribution is 0.181. The molecule has 0 amide bonds. The third kappa shape index (κ3) is 3.85. The largest absolute Gasteiger partial charge is 0.387 e. The average molecular weight is 375 g/mol. The zero-order valence-electron chi connectivity index (χ0n) is 15.5. The normalized spacial score (nSPS) is 12.2. The quantitative estimate of drug-likeness (QED) is 0.516. The van der Waals surface area contributed by atoms with E-state index >= 15 is 0 Å². The van der Waals surface area contributed by atoms with Crippen molar-refractivity contribution < 1.29 is 9.84 Å². The number of methoxy groups -OCH3 is 1. The number of hydrogen-bond acceptors (Lipinski definition) is 6. The van der Waals surface area contributed by atoms with Crippen LogP contribution in [0.25, 0.3) is 16.9 Å². The van der Waals surface area contributed by atoms with Gasteiger partial charge in [-0.2, -0.15) is 14.6 Å². The molecule has 1 atom stereocenters. The number of anilines is 1. The van der Waals surface area contributed by atoms with Gasteiger partial charge in [-0.05, 0) is 16.7 Å². The van der Waals surface area contributed by atoms with E-state index in [1.165, 1.54) is 6.33 Å². The lowest BCUT2D eigenvalue weighted by Crippen LogP contribution is -2.15. The van der Waals surface area contributed by atoms with Gasteiger partial charge >= 0.3 is 0 Å². The molecule has 0 bridgehead atoms. The summed E-state index contributed by atoms with van der Waals surface area (Å²) in [7, 11) is 1.62. The maximum absolute atomic E-state index is 10.6. The number of aliphatic hydroxyl groups excluding tert-OH is 1. The Morgan fingerprint density at radius 1 is 1.07 bits per heavy atom. The van der Waals surface area contributed by atoms with Crippen LogP contribution >= 0.6 is 0 Å². The molecule has 0 spiro atoms. The molecule has 0 aliphatic carbocycles. The highest BCUT2D eigenvalue weighted by Crippen LogP contribution is 2.22.